The minimum Gasteiger partial charge on any atom is -0.379 e. The molecule has 2 aromatic heterocycles. The van der Waals surface area contributed by atoms with Gasteiger partial charge in [0.1, 0.15) is 28.1 Å². The number of benzene rings is 1. The van der Waals surface area contributed by atoms with Gasteiger partial charge in [0.15, 0.2) is 0 Å². The molecular weight excluding hydrogens is 394 g/mol. The largest absolute Gasteiger partial charge is 0.379 e. The van der Waals surface area contributed by atoms with Gasteiger partial charge in [-0.1, -0.05) is 6.07 Å². The summed E-state index contributed by atoms with van der Waals surface area (Å²) in [7, 11) is 0. The molecule has 0 aliphatic carbocycles. The fourth-order valence-corrected chi connectivity index (χ4v) is 4.61. The highest BCUT2D eigenvalue weighted by atomic mass is 32.1. The van der Waals surface area contributed by atoms with E-state index < -0.39 is 11.6 Å². The van der Waals surface area contributed by atoms with Crippen LogP contribution in [0.15, 0.2) is 18.2 Å². The Morgan fingerprint density at radius 3 is 2.69 bits per heavy atom. The van der Waals surface area contributed by atoms with Crippen molar-refractivity contribution in [3.63, 3.8) is 0 Å². The van der Waals surface area contributed by atoms with Crippen molar-refractivity contribution in [1.82, 2.24) is 14.9 Å². The van der Waals surface area contributed by atoms with Gasteiger partial charge in [-0.3, -0.25) is 4.90 Å². The lowest BCUT2D eigenvalue weighted by Crippen LogP contribution is -2.36. The van der Waals surface area contributed by atoms with Gasteiger partial charge in [0.05, 0.1) is 31.2 Å². The number of aryl methyl sites for hydroxylation is 2. The van der Waals surface area contributed by atoms with Crippen molar-refractivity contribution in [1.29, 1.82) is 0 Å². The Morgan fingerprint density at radius 2 is 1.97 bits per heavy atom. The smallest absolute Gasteiger partial charge is 0.146 e. The molecule has 1 aliphatic heterocycles. The number of aromatic nitrogens is 2. The van der Waals surface area contributed by atoms with Crippen molar-refractivity contribution in [2.75, 3.05) is 31.6 Å². The van der Waals surface area contributed by atoms with Crippen LogP contribution in [0, 0.1) is 25.5 Å². The number of anilines is 1. The second-order valence-corrected chi connectivity index (χ2v) is 8.58. The summed E-state index contributed by atoms with van der Waals surface area (Å²) < 4.78 is 33.0. The highest BCUT2D eigenvalue weighted by Gasteiger charge is 2.20. The number of rotatable bonds is 5. The van der Waals surface area contributed by atoms with E-state index in [0.717, 1.165) is 40.8 Å². The third-order valence-corrected chi connectivity index (χ3v) is 6.43. The number of hydrogen-bond acceptors (Lipinski definition) is 6. The molecule has 8 heteroatoms. The predicted octanol–water partition coefficient (Wildman–Crippen LogP) is 4.59. The second-order valence-electron chi connectivity index (χ2n) is 7.37. The third-order valence-electron chi connectivity index (χ3n) is 5.33. The predicted molar refractivity (Wildman–Crippen MR) is 111 cm³/mol. The summed E-state index contributed by atoms with van der Waals surface area (Å²) in [5, 5.41) is 4.31. The Hall–Kier alpha value is -2.16. The summed E-state index contributed by atoms with van der Waals surface area (Å²) in [6.45, 7) is 9.73. The molecule has 3 aromatic rings. The van der Waals surface area contributed by atoms with Crippen molar-refractivity contribution in [3.8, 4) is 0 Å². The van der Waals surface area contributed by atoms with E-state index in [1.807, 2.05) is 13.8 Å². The molecule has 1 aromatic carbocycles. The number of morpholine rings is 1. The molecule has 5 nitrogen and oxygen atoms in total. The molecule has 1 aliphatic rings. The van der Waals surface area contributed by atoms with E-state index in [2.05, 4.69) is 17.1 Å². The summed E-state index contributed by atoms with van der Waals surface area (Å²) in [6, 6.07) is 3.29. The van der Waals surface area contributed by atoms with Gasteiger partial charge in [0.25, 0.3) is 0 Å². The van der Waals surface area contributed by atoms with Crippen LogP contribution in [0.5, 0.6) is 0 Å². The minimum atomic E-state index is -0.583. The molecule has 1 N–H and O–H groups in total. The Morgan fingerprint density at radius 1 is 1.21 bits per heavy atom. The van der Waals surface area contributed by atoms with Crippen molar-refractivity contribution < 1.29 is 13.5 Å². The molecule has 1 fully saturated rings. The van der Waals surface area contributed by atoms with Crippen LogP contribution in [-0.4, -0.2) is 41.2 Å². The fourth-order valence-electron chi connectivity index (χ4n) is 3.56. The normalized spacial score (nSPS) is 16.3. The summed E-state index contributed by atoms with van der Waals surface area (Å²) >= 11 is 1.64. The monoisotopic (exact) mass is 418 g/mol. The summed E-state index contributed by atoms with van der Waals surface area (Å²) in [6.07, 6.45) is 0. The molecule has 0 amide bonds. The Balaban J connectivity index is 1.69. The van der Waals surface area contributed by atoms with Crippen molar-refractivity contribution in [3.05, 3.63) is 51.7 Å². The van der Waals surface area contributed by atoms with E-state index in [-0.39, 0.29) is 6.04 Å². The van der Waals surface area contributed by atoms with Crippen LogP contribution in [0.2, 0.25) is 0 Å². The van der Waals surface area contributed by atoms with E-state index in [1.165, 1.54) is 17.0 Å². The van der Waals surface area contributed by atoms with Gasteiger partial charge in [-0.25, -0.2) is 18.7 Å². The number of thiophene rings is 1. The van der Waals surface area contributed by atoms with E-state index in [4.69, 9.17) is 14.7 Å². The molecule has 0 spiro atoms. The molecule has 0 saturated carbocycles. The van der Waals surface area contributed by atoms with Crippen molar-refractivity contribution >= 4 is 27.4 Å². The van der Waals surface area contributed by atoms with Crippen LogP contribution >= 0.6 is 11.3 Å². The van der Waals surface area contributed by atoms with Crippen molar-refractivity contribution in [2.24, 2.45) is 0 Å². The molecule has 1 saturated heterocycles. The Labute approximate surface area is 172 Å². The van der Waals surface area contributed by atoms with E-state index in [9.17, 15) is 8.78 Å². The minimum absolute atomic E-state index is 0.371. The molecule has 154 valence electrons. The lowest BCUT2D eigenvalue weighted by molar-refractivity contribution is 0.0331. The molecule has 0 bridgehead atoms. The maximum Gasteiger partial charge on any atom is 0.146 e. The first kappa shape index (κ1) is 20.1. The quantitative estimate of drug-likeness (QED) is 0.657. The SMILES string of the molecule is Cc1sc2nc(CN3CCOCC3)nc(NC(C)c3ccc(F)cc3F)c2c1C. The van der Waals surface area contributed by atoms with Gasteiger partial charge in [-0.15, -0.1) is 11.3 Å². The second kappa shape index (κ2) is 8.30. The average molecular weight is 419 g/mol. The van der Waals surface area contributed by atoms with E-state index in [1.54, 1.807) is 11.3 Å². The summed E-state index contributed by atoms with van der Waals surface area (Å²) in [4.78, 5) is 13.9. The molecule has 0 radical (unpaired) electrons. The maximum atomic E-state index is 14.3. The first-order valence-electron chi connectivity index (χ1n) is 9.70. The number of halogens is 2. The number of nitrogens with zero attached hydrogens (tertiary/aromatic N) is 3. The molecular formula is C21H24F2N4OS. The lowest BCUT2D eigenvalue weighted by Gasteiger charge is -2.26. The number of nitrogens with one attached hydrogen (secondary N) is 1. The fraction of sp³-hybridized carbons (Fsp3) is 0.429. The zero-order valence-corrected chi connectivity index (χ0v) is 17.6. The number of hydrogen-bond donors (Lipinski definition) is 1. The van der Waals surface area contributed by atoms with Crippen LogP contribution in [-0.2, 0) is 11.3 Å². The van der Waals surface area contributed by atoms with Crippen LogP contribution in [0.25, 0.3) is 10.2 Å². The number of ether oxygens (including phenoxy) is 1. The van der Waals surface area contributed by atoms with E-state index in [0.29, 0.717) is 31.1 Å². The van der Waals surface area contributed by atoms with E-state index >= 15 is 0 Å². The zero-order valence-electron chi connectivity index (χ0n) is 16.8. The van der Waals surface area contributed by atoms with Gasteiger partial charge < -0.3 is 10.1 Å². The van der Waals surface area contributed by atoms with Gasteiger partial charge in [0.2, 0.25) is 0 Å². The molecule has 4 rings (SSSR count). The third kappa shape index (κ3) is 4.24. The van der Waals surface area contributed by atoms with Gasteiger partial charge in [-0.05, 0) is 32.4 Å². The van der Waals surface area contributed by atoms with Crippen LogP contribution in [0.1, 0.15) is 34.8 Å². The highest BCUT2D eigenvalue weighted by molar-refractivity contribution is 7.18. The molecule has 3 heterocycles. The first-order chi connectivity index (χ1) is 13.9. The topological polar surface area (TPSA) is 50.3 Å². The molecule has 29 heavy (non-hydrogen) atoms. The Kier molecular flexibility index (Phi) is 5.76. The van der Waals surface area contributed by atoms with Crippen LogP contribution < -0.4 is 5.32 Å². The average Bonchev–Trinajstić information content (AvgIpc) is 2.96. The molecule has 1 atom stereocenters. The van der Waals surface area contributed by atoms with Crippen molar-refractivity contribution in [2.45, 2.75) is 33.4 Å². The van der Waals surface area contributed by atoms with Gasteiger partial charge >= 0.3 is 0 Å². The first-order valence-corrected chi connectivity index (χ1v) is 10.5. The number of fused-ring (bicyclic) bond motifs is 1. The maximum absolute atomic E-state index is 14.3. The van der Waals surface area contributed by atoms with Crippen LogP contribution in [0.4, 0.5) is 14.6 Å². The molecule has 1 unspecified atom stereocenters. The highest BCUT2D eigenvalue weighted by Crippen LogP contribution is 2.35. The lowest BCUT2D eigenvalue weighted by atomic mass is 10.1. The van der Waals surface area contributed by atoms with Gasteiger partial charge in [-0.2, -0.15) is 0 Å². The van der Waals surface area contributed by atoms with Crippen LogP contribution in [0.3, 0.4) is 0 Å². The summed E-state index contributed by atoms with van der Waals surface area (Å²) in [5.74, 6) is 0.272. The zero-order chi connectivity index (χ0) is 20.5. The standard InChI is InChI=1S/C21H24F2N4OS/c1-12-14(3)29-21-19(12)20(24-13(2)16-5-4-15(22)10-17(16)23)25-18(26-21)11-27-6-8-28-9-7-27/h4-5,10,13H,6-9,11H2,1-3H3,(H,24,25,26). The summed E-state index contributed by atoms with van der Waals surface area (Å²) in [5.41, 5.74) is 1.52. The van der Waals surface area contributed by atoms with Gasteiger partial charge in [0, 0.05) is 29.6 Å². The Bertz CT molecular complexity index is 1030.